The quantitative estimate of drug-likeness (QED) is 0.896. The first-order valence-corrected chi connectivity index (χ1v) is 8.17. The molecule has 0 radical (unpaired) electrons. The van der Waals surface area contributed by atoms with Crippen molar-refractivity contribution in [3.8, 4) is 0 Å². The van der Waals surface area contributed by atoms with Gasteiger partial charge in [0.05, 0.1) is 6.10 Å². The van der Waals surface area contributed by atoms with Crippen molar-refractivity contribution in [2.24, 2.45) is 0 Å². The van der Waals surface area contributed by atoms with E-state index in [4.69, 9.17) is 9.72 Å². The van der Waals surface area contributed by atoms with Gasteiger partial charge in [-0.05, 0) is 56.7 Å². The van der Waals surface area contributed by atoms with Gasteiger partial charge in [-0.1, -0.05) is 13.0 Å². The number of likely N-dealkylation sites (N-methyl/N-ethyl adjacent to an activating group) is 1. The second kappa shape index (κ2) is 6.68. The molecule has 1 aromatic rings. The van der Waals surface area contributed by atoms with E-state index >= 15 is 0 Å². The third-order valence-corrected chi connectivity index (χ3v) is 4.73. The summed E-state index contributed by atoms with van der Waals surface area (Å²) in [5.74, 6) is 0.559. The van der Waals surface area contributed by atoms with E-state index in [-0.39, 0.29) is 0 Å². The van der Waals surface area contributed by atoms with Gasteiger partial charge in [0, 0.05) is 30.5 Å². The van der Waals surface area contributed by atoms with E-state index in [0.29, 0.717) is 18.1 Å². The Balaban J connectivity index is 1.76. The number of ether oxygens (including phenoxy) is 1. The van der Waals surface area contributed by atoms with Gasteiger partial charge in [0.1, 0.15) is 0 Å². The van der Waals surface area contributed by atoms with Crippen LogP contribution >= 0.6 is 0 Å². The molecule has 20 heavy (non-hydrogen) atoms. The van der Waals surface area contributed by atoms with E-state index in [1.807, 2.05) is 6.20 Å². The molecule has 0 amide bonds. The molecule has 3 atom stereocenters. The molecular formula is C17H26N2O. The minimum atomic E-state index is 0.452. The highest BCUT2D eigenvalue weighted by atomic mass is 16.5. The molecule has 3 rings (SSSR count). The SMILES string of the molecule is CCNC(CC1CCCO1)C1CCCc2cccnc21. The Kier molecular flexibility index (Phi) is 4.69. The maximum Gasteiger partial charge on any atom is 0.0591 e. The molecule has 3 unspecified atom stereocenters. The van der Waals surface area contributed by atoms with Gasteiger partial charge in [-0.25, -0.2) is 0 Å². The monoisotopic (exact) mass is 274 g/mol. The molecule has 110 valence electrons. The normalized spacial score (nSPS) is 27.2. The molecule has 2 aliphatic rings. The Morgan fingerprint density at radius 3 is 3.15 bits per heavy atom. The lowest BCUT2D eigenvalue weighted by atomic mass is 9.80. The lowest BCUT2D eigenvalue weighted by molar-refractivity contribution is 0.0904. The zero-order chi connectivity index (χ0) is 13.8. The first kappa shape index (κ1) is 14.0. The van der Waals surface area contributed by atoms with E-state index in [1.165, 1.54) is 43.4 Å². The zero-order valence-corrected chi connectivity index (χ0v) is 12.5. The lowest BCUT2D eigenvalue weighted by Crippen LogP contribution is -2.39. The summed E-state index contributed by atoms with van der Waals surface area (Å²) in [6.07, 6.45) is 9.73. The zero-order valence-electron chi connectivity index (χ0n) is 12.5. The number of hydrogen-bond acceptors (Lipinski definition) is 3. The summed E-state index contributed by atoms with van der Waals surface area (Å²) < 4.78 is 5.85. The van der Waals surface area contributed by atoms with Gasteiger partial charge in [0.15, 0.2) is 0 Å². The number of pyridine rings is 1. The largest absolute Gasteiger partial charge is 0.378 e. The molecule has 0 aromatic carbocycles. The Bertz CT molecular complexity index is 429. The maximum atomic E-state index is 5.85. The van der Waals surface area contributed by atoms with Crippen molar-refractivity contribution in [2.45, 2.75) is 63.5 Å². The minimum absolute atomic E-state index is 0.452. The molecular weight excluding hydrogens is 248 g/mol. The number of aromatic nitrogens is 1. The van der Waals surface area contributed by atoms with Crippen molar-refractivity contribution < 1.29 is 4.74 Å². The van der Waals surface area contributed by atoms with Crippen LogP contribution in [0.4, 0.5) is 0 Å². The molecule has 1 saturated heterocycles. The predicted octanol–water partition coefficient (Wildman–Crippen LogP) is 3.05. The number of fused-ring (bicyclic) bond motifs is 1. The van der Waals surface area contributed by atoms with Gasteiger partial charge >= 0.3 is 0 Å². The van der Waals surface area contributed by atoms with E-state index in [0.717, 1.165) is 19.6 Å². The van der Waals surface area contributed by atoms with Gasteiger partial charge in [-0.2, -0.15) is 0 Å². The van der Waals surface area contributed by atoms with Crippen molar-refractivity contribution in [3.63, 3.8) is 0 Å². The highest BCUT2D eigenvalue weighted by molar-refractivity contribution is 5.27. The van der Waals surface area contributed by atoms with Crippen LogP contribution in [0.5, 0.6) is 0 Å². The first-order chi connectivity index (χ1) is 9.88. The Morgan fingerprint density at radius 2 is 2.35 bits per heavy atom. The van der Waals surface area contributed by atoms with Gasteiger partial charge in [0.2, 0.25) is 0 Å². The van der Waals surface area contributed by atoms with Crippen molar-refractivity contribution in [1.82, 2.24) is 10.3 Å². The molecule has 1 N–H and O–H groups in total. The number of nitrogens with one attached hydrogen (secondary N) is 1. The standard InChI is InChI=1S/C17H26N2O/c1-2-18-16(12-14-8-5-11-20-14)15-9-3-6-13-7-4-10-19-17(13)15/h4,7,10,14-16,18H,2-3,5-6,8-9,11-12H2,1H3. The van der Waals surface area contributed by atoms with Crippen LogP contribution in [0.2, 0.25) is 0 Å². The molecule has 1 aliphatic carbocycles. The molecule has 0 spiro atoms. The molecule has 1 fully saturated rings. The van der Waals surface area contributed by atoms with E-state index in [9.17, 15) is 0 Å². The average molecular weight is 274 g/mol. The third kappa shape index (κ3) is 3.04. The molecule has 2 heterocycles. The smallest absolute Gasteiger partial charge is 0.0591 e. The summed E-state index contributed by atoms with van der Waals surface area (Å²) in [6, 6.07) is 4.84. The van der Waals surface area contributed by atoms with Crippen LogP contribution in [0, 0.1) is 0 Å². The number of hydrogen-bond donors (Lipinski definition) is 1. The fourth-order valence-electron chi connectivity index (χ4n) is 3.80. The predicted molar refractivity (Wildman–Crippen MR) is 81.0 cm³/mol. The van der Waals surface area contributed by atoms with Crippen LogP contribution in [-0.4, -0.2) is 30.3 Å². The van der Waals surface area contributed by atoms with Crippen LogP contribution in [0.25, 0.3) is 0 Å². The fraction of sp³-hybridized carbons (Fsp3) is 0.706. The topological polar surface area (TPSA) is 34.1 Å². The lowest BCUT2D eigenvalue weighted by Gasteiger charge is -2.33. The second-order valence-electron chi connectivity index (χ2n) is 6.08. The van der Waals surface area contributed by atoms with Crippen molar-refractivity contribution >= 4 is 0 Å². The van der Waals surface area contributed by atoms with Crippen LogP contribution in [-0.2, 0) is 11.2 Å². The fourth-order valence-corrected chi connectivity index (χ4v) is 3.80. The molecule has 0 bridgehead atoms. The number of aryl methyl sites for hydroxylation is 1. The minimum Gasteiger partial charge on any atom is -0.378 e. The van der Waals surface area contributed by atoms with E-state index < -0.39 is 0 Å². The van der Waals surface area contributed by atoms with Crippen molar-refractivity contribution in [1.29, 1.82) is 0 Å². The first-order valence-electron chi connectivity index (χ1n) is 8.17. The third-order valence-electron chi connectivity index (χ3n) is 4.73. The molecule has 3 nitrogen and oxygen atoms in total. The molecule has 1 aliphatic heterocycles. The van der Waals surface area contributed by atoms with Crippen molar-refractivity contribution in [2.75, 3.05) is 13.2 Å². The average Bonchev–Trinajstić information content (AvgIpc) is 2.99. The van der Waals surface area contributed by atoms with Gasteiger partial charge in [-0.3, -0.25) is 4.98 Å². The van der Waals surface area contributed by atoms with Crippen LogP contribution in [0.3, 0.4) is 0 Å². The maximum absolute atomic E-state index is 5.85. The summed E-state index contributed by atoms with van der Waals surface area (Å²) in [5.41, 5.74) is 2.79. The summed E-state index contributed by atoms with van der Waals surface area (Å²) in [7, 11) is 0. The van der Waals surface area contributed by atoms with Gasteiger partial charge in [0.25, 0.3) is 0 Å². The summed E-state index contributed by atoms with van der Waals surface area (Å²) in [5, 5.41) is 3.70. The number of rotatable bonds is 5. The Hall–Kier alpha value is -0.930. The van der Waals surface area contributed by atoms with Crippen molar-refractivity contribution in [3.05, 3.63) is 29.6 Å². The highest BCUT2D eigenvalue weighted by Crippen LogP contribution is 2.35. The summed E-state index contributed by atoms with van der Waals surface area (Å²) in [4.78, 5) is 4.70. The van der Waals surface area contributed by atoms with Crippen LogP contribution in [0.15, 0.2) is 18.3 Å². The Labute approximate surface area is 122 Å². The number of nitrogens with zero attached hydrogens (tertiary/aromatic N) is 1. The van der Waals surface area contributed by atoms with E-state index in [2.05, 4.69) is 24.4 Å². The molecule has 1 aromatic heterocycles. The van der Waals surface area contributed by atoms with Crippen LogP contribution < -0.4 is 5.32 Å². The molecule has 3 heteroatoms. The second-order valence-corrected chi connectivity index (χ2v) is 6.08. The van der Waals surface area contributed by atoms with Crippen LogP contribution in [0.1, 0.15) is 56.2 Å². The highest BCUT2D eigenvalue weighted by Gasteiger charge is 2.31. The summed E-state index contributed by atoms with van der Waals surface area (Å²) >= 11 is 0. The van der Waals surface area contributed by atoms with E-state index in [1.54, 1.807) is 0 Å². The Morgan fingerprint density at radius 1 is 1.40 bits per heavy atom. The summed E-state index contributed by atoms with van der Waals surface area (Å²) in [6.45, 7) is 4.17. The van der Waals surface area contributed by atoms with Gasteiger partial charge < -0.3 is 10.1 Å². The van der Waals surface area contributed by atoms with Gasteiger partial charge in [-0.15, -0.1) is 0 Å². The molecule has 0 saturated carbocycles.